The van der Waals surface area contributed by atoms with E-state index in [1.807, 2.05) is 26.0 Å². The molecule has 3 rings (SSSR count). The molecule has 0 saturated heterocycles. The number of hydrogen-bond donors (Lipinski definition) is 2. The molecule has 1 aliphatic heterocycles. The molecule has 3 N–H and O–H groups in total. The number of benzene rings is 1. The van der Waals surface area contributed by atoms with Crippen molar-refractivity contribution in [3.63, 3.8) is 0 Å². The molecule has 1 aromatic heterocycles. The second-order valence-corrected chi connectivity index (χ2v) is 7.22. The van der Waals surface area contributed by atoms with Crippen molar-refractivity contribution in [2.75, 3.05) is 5.32 Å². The summed E-state index contributed by atoms with van der Waals surface area (Å²) in [6.07, 6.45) is 1.03. The lowest BCUT2D eigenvalue weighted by Crippen LogP contribution is -2.27. The Kier molecular flexibility index (Phi) is 3.38. The van der Waals surface area contributed by atoms with Gasteiger partial charge in [0.05, 0.1) is 11.5 Å². The Morgan fingerprint density at radius 1 is 1.29 bits per heavy atom. The van der Waals surface area contributed by atoms with Crippen LogP contribution in [0.25, 0.3) is 0 Å². The Hall–Kier alpha value is -1.65. The molecule has 1 aliphatic rings. The molecule has 1 unspecified atom stereocenters. The first-order valence-electron chi connectivity index (χ1n) is 7.23. The van der Waals surface area contributed by atoms with Gasteiger partial charge in [0.15, 0.2) is 0 Å². The fourth-order valence-corrected chi connectivity index (χ4v) is 3.68. The minimum Gasteiger partial charge on any atom is -0.325 e. The SMILES string of the molecule is CCc1ccc(C(N)c2ccc3c(c2)C(C)(C)C(=O)N3)s1. The lowest BCUT2D eigenvalue weighted by molar-refractivity contribution is -0.119. The van der Waals surface area contributed by atoms with Crippen molar-refractivity contribution in [2.45, 2.75) is 38.6 Å². The van der Waals surface area contributed by atoms with Crippen LogP contribution in [-0.2, 0) is 16.6 Å². The zero-order chi connectivity index (χ0) is 15.2. The molecule has 0 saturated carbocycles. The van der Waals surface area contributed by atoms with E-state index < -0.39 is 5.41 Å². The first kappa shape index (κ1) is 14.3. The fraction of sp³-hybridized carbons (Fsp3) is 0.353. The van der Waals surface area contributed by atoms with Crippen LogP contribution >= 0.6 is 11.3 Å². The molecule has 2 aromatic rings. The molecule has 1 amide bonds. The quantitative estimate of drug-likeness (QED) is 0.910. The number of hydrogen-bond acceptors (Lipinski definition) is 3. The minimum absolute atomic E-state index is 0.0487. The van der Waals surface area contributed by atoms with Crippen molar-refractivity contribution in [3.05, 3.63) is 51.2 Å². The van der Waals surface area contributed by atoms with Crippen molar-refractivity contribution < 1.29 is 4.79 Å². The van der Waals surface area contributed by atoms with Crippen molar-refractivity contribution >= 4 is 22.9 Å². The van der Waals surface area contributed by atoms with Gasteiger partial charge in [-0.2, -0.15) is 0 Å². The molecule has 0 bridgehead atoms. The zero-order valence-electron chi connectivity index (χ0n) is 12.6. The van der Waals surface area contributed by atoms with Crippen LogP contribution < -0.4 is 11.1 Å². The number of nitrogens with two attached hydrogens (primary N) is 1. The summed E-state index contributed by atoms with van der Waals surface area (Å²) in [6, 6.07) is 10.2. The summed E-state index contributed by atoms with van der Waals surface area (Å²) in [5.74, 6) is 0.0487. The predicted molar refractivity (Wildman–Crippen MR) is 87.8 cm³/mol. The maximum Gasteiger partial charge on any atom is 0.234 e. The third kappa shape index (κ3) is 2.28. The van der Waals surface area contributed by atoms with Crippen molar-refractivity contribution in [3.8, 4) is 0 Å². The molecule has 3 nitrogen and oxygen atoms in total. The van der Waals surface area contributed by atoms with Gasteiger partial charge in [-0.05, 0) is 49.6 Å². The third-order valence-electron chi connectivity index (χ3n) is 4.23. The topological polar surface area (TPSA) is 55.1 Å². The number of rotatable bonds is 3. The van der Waals surface area contributed by atoms with Crippen LogP contribution in [0.15, 0.2) is 30.3 Å². The van der Waals surface area contributed by atoms with Crippen molar-refractivity contribution in [1.29, 1.82) is 0 Å². The summed E-state index contributed by atoms with van der Waals surface area (Å²) in [6.45, 7) is 6.05. The van der Waals surface area contributed by atoms with Gasteiger partial charge in [-0.25, -0.2) is 0 Å². The largest absolute Gasteiger partial charge is 0.325 e. The van der Waals surface area contributed by atoms with Crippen LogP contribution in [0, 0.1) is 0 Å². The summed E-state index contributed by atoms with van der Waals surface area (Å²) in [7, 11) is 0. The summed E-state index contributed by atoms with van der Waals surface area (Å²) in [5.41, 5.74) is 8.91. The number of amides is 1. The van der Waals surface area contributed by atoms with E-state index in [1.165, 1.54) is 9.75 Å². The van der Waals surface area contributed by atoms with Crippen molar-refractivity contribution in [2.24, 2.45) is 5.73 Å². The highest BCUT2D eigenvalue weighted by Gasteiger charge is 2.38. The summed E-state index contributed by atoms with van der Waals surface area (Å²) in [4.78, 5) is 14.5. The summed E-state index contributed by atoms with van der Waals surface area (Å²) >= 11 is 1.76. The summed E-state index contributed by atoms with van der Waals surface area (Å²) in [5, 5.41) is 2.93. The number of carbonyl (C=O) groups excluding carboxylic acids is 1. The first-order valence-corrected chi connectivity index (χ1v) is 8.05. The highest BCUT2D eigenvalue weighted by Crippen LogP contribution is 2.39. The standard InChI is InChI=1S/C17H20N2OS/c1-4-11-6-8-14(21-11)15(18)10-5-7-13-12(9-10)17(2,3)16(20)19-13/h5-9,15H,4,18H2,1-3H3,(H,19,20). The van der Waals surface area contributed by atoms with Gasteiger partial charge >= 0.3 is 0 Å². The van der Waals surface area contributed by atoms with E-state index in [2.05, 4.69) is 30.4 Å². The molecule has 1 atom stereocenters. The number of thiophene rings is 1. The van der Waals surface area contributed by atoms with Crippen LogP contribution in [0.4, 0.5) is 5.69 Å². The van der Waals surface area contributed by atoms with Crippen LogP contribution in [0.2, 0.25) is 0 Å². The highest BCUT2D eigenvalue weighted by molar-refractivity contribution is 7.12. The molecular weight excluding hydrogens is 280 g/mol. The average molecular weight is 300 g/mol. The molecule has 0 aliphatic carbocycles. The van der Waals surface area contributed by atoms with E-state index in [0.29, 0.717) is 0 Å². The van der Waals surface area contributed by atoms with Gasteiger partial charge in [-0.1, -0.05) is 19.1 Å². The smallest absolute Gasteiger partial charge is 0.234 e. The second kappa shape index (κ2) is 4.97. The maximum atomic E-state index is 12.0. The minimum atomic E-state index is -0.491. The van der Waals surface area contributed by atoms with Gasteiger partial charge in [0.25, 0.3) is 0 Å². The predicted octanol–water partition coefficient (Wildman–Crippen LogP) is 3.59. The van der Waals surface area contributed by atoms with E-state index in [-0.39, 0.29) is 11.9 Å². The lowest BCUT2D eigenvalue weighted by atomic mass is 9.84. The van der Waals surface area contributed by atoms with Gasteiger partial charge in [-0.3, -0.25) is 4.79 Å². The van der Waals surface area contributed by atoms with Crippen LogP contribution in [0.3, 0.4) is 0 Å². The number of anilines is 1. The lowest BCUT2D eigenvalue weighted by Gasteiger charge is -2.17. The Bertz CT molecular complexity index is 703. The average Bonchev–Trinajstić information content (AvgIpc) is 3.02. The van der Waals surface area contributed by atoms with Crippen LogP contribution in [0.5, 0.6) is 0 Å². The van der Waals surface area contributed by atoms with E-state index in [0.717, 1.165) is 23.2 Å². The molecular formula is C17H20N2OS. The molecule has 2 heterocycles. The fourth-order valence-electron chi connectivity index (χ4n) is 2.70. The zero-order valence-corrected chi connectivity index (χ0v) is 13.4. The van der Waals surface area contributed by atoms with E-state index in [4.69, 9.17) is 5.73 Å². The molecule has 0 fully saturated rings. The van der Waals surface area contributed by atoms with Gasteiger partial charge in [0.2, 0.25) is 5.91 Å². The van der Waals surface area contributed by atoms with Crippen LogP contribution in [-0.4, -0.2) is 5.91 Å². The second-order valence-electron chi connectivity index (χ2n) is 6.02. The van der Waals surface area contributed by atoms with Gasteiger partial charge in [0.1, 0.15) is 0 Å². The van der Waals surface area contributed by atoms with Crippen LogP contribution in [0.1, 0.15) is 47.7 Å². The first-order chi connectivity index (χ1) is 9.93. The Morgan fingerprint density at radius 3 is 2.71 bits per heavy atom. The number of fused-ring (bicyclic) bond motifs is 1. The maximum absolute atomic E-state index is 12.0. The van der Waals surface area contributed by atoms with E-state index in [1.54, 1.807) is 11.3 Å². The van der Waals surface area contributed by atoms with Gasteiger partial charge in [-0.15, -0.1) is 11.3 Å². The summed E-state index contributed by atoms with van der Waals surface area (Å²) < 4.78 is 0. The Labute approximate surface area is 129 Å². The molecule has 0 radical (unpaired) electrons. The molecule has 21 heavy (non-hydrogen) atoms. The van der Waals surface area contributed by atoms with E-state index in [9.17, 15) is 4.79 Å². The number of aryl methyl sites for hydroxylation is 1. The van der Waals surface area contributed by atoms with Gasteiger partial charge < -0.3 is 11.1 Å². The van der Waals surface area contributed by atoms with E-state index >= 15 is 0 Å². The monoisotopic (exact) mass is 300 g/mol. The molecule has 0 spiro atoms. The molecule has 1 aromatic carbocycles. The Balaban J connectivity index is 1.98. The number of carbonyl (C=O) groups is 1. The molecule has 4 heteroatoms. The Morgan fingerprint density at radius 2 is 2.05 bits per heavy atom. The normalized spacial score (nSPS) is 17.4. The number of nitrogens with one attached hydrogen (secondary N) is 1. The van der Waals surface area contributed by atoms with Gasteiger partial charge in [0, 0.05) is 15.4 Å². The van der Waals surface area contributed by atoms with Crippen molar-refractivity contribution in [1.82, 2.24) is 0 Å². The third-order valence-corrected chi connectivity index (χ3v) is 5.54. The molecule has 110 valence electrons. The highest BCUT2D eigenvalue weighted by atomic mass is 32.1.